The molecule has 0 aromatic heterocycles. The SMILES string of the molecule is C=CCCCC(N)c1cccc(OC(C)C)c1. The maximum atomic E-state index is 6.15. The molecule has 0 spiro atoms. The van der Waals surface area contributed by atoms with Crippen molar-refractivity contribution < 1.29 is 4.74 Å². The molecular formula is C15H23NO. The first-order valence-corrected chi connectivity index (χ1v) is 6.26. The maximum Gasteiger partial charge on any atom is 0.120 e. The van der Waals surface area contributed by atoms with Crippen molar-refractivity contribution in [3.63, 3.8) is 0 Å². The Labute approximate surface area is 104 Å². The second-order valence-corrected chi connectivity index (χ2v) is 4.57. The van der Waals surface area contributed by atoms with Crippen molar-refractivity contribution in [3.05, 3.63) is 42.5 Å². The van der Waals surface area contributed by atoms with Gasteiger partial charge in [0.1, 0.15) is 5.75 Å². The number of ether oxygens (including phenoxy) is 1. The molecule has 0 fully saturated rings. The molecule has 1 unspecified atom stereocenters. The van der Waals surface area contributed by atoms with Crippen LogP contribution in [-0.4, -0.2) is 6.10 Å². The largest absolute Gasteiger partial charge is 0.491 e. The first-order valence-electron chi connectivity index (χ1n) is 6.26. The third kappa shape index (κ3) is 5.05. The number of nitrogens with two attached hydrogens (primary N) is 1. The zero-order valence-corrected chi connectivity index (χ0v) is 10.9. The Bertz CT molecular complexity index is 347. The number of unbranched alkanes of at least 4 members (excludes halogenated alkanes) is 1. The maximum absolute atomic E-state index is 6.15. The summed E-state index contributed by atoms with van der Waals surface area (Å²) < 4.78 is 5.66. The first-order chi connectivity index (χ1) is 8.13. The topological polar surface area (TPSA) is 35.2 Å². The summed E-state index contributed by atoms with van der Waals surface area (Å²) in [6.45, 7) is 7.77. The van der Waals surface area contributed by atoms with Gasteiger partial charge in [0.05, 0.1) is 6.10 Å². The van der Waals surface area contributed by atoms with E-state index >= 15 is 0 Å². The quantitative estimate of drug-likeness (QED) is 0.574. The molecule has 0 amide bonds. The highest BCUT2D eigenvalue weighted by molar-refractivity contribution is 5.30. The van der Waals surface area contributed by atoms with Crippen molar-refractivity contribution >= 4 is 0 Å². The van der Waals surface area contributed by atoms with Gasteiger partial charge in [0.2, 0.25) is 0 Å². The van der Waals surface area contributed by atoms with E-state index in [2.05, 4.69) is 12.6 Å². The van der Waals surface area contributed by atoms with Crippen LogP contribution in [0.25, 0.3) is 0 Å². The van der Waals surface area contributed by atoms with E-state index in [4.69, 9.17) is 10.5 Å². The summed E-state index contributed by atoms with van der Waals surface area (Å²) in [5.74, 6) is 0.900. The summed E-state index contributed by atoms with van der Waals surface area (Å²) in [4.78, 5) is 0. The summed E-state index contributed by atoms with van der Waals surface area (Å²) in [5.41, 5.74) is 7.29. The van der Waals surface area contributed by atoms with Gasteiger partial charge in [-0.15, -0.1) is 6.58 Å². The fourth-order valence-corrected chi connectivity index (χ4v) is 1.74. The van der Waals surface area contributed by atoms with Gasteiger partial charge in [0, 0.05) is 6.04 Å². The molecule has 94 valence electrons. The summed E-state index contributed by atoms with van der Waals surface area (Å²) in [7, 11) is 0. The van der Waals surface area contributed by atoms with Crippen LogP contribution in [0.3, 0.4) is 0 Å². The van der Waals surface area contributed by atoms with E-state index in [9.17, 15) is 0 Å². The van der Waals surface area contributed by atoms with Gasteiger partial charge in [-0.2, -0.15) is 0 Å². The van der Waals surface area contributed by atoms with E-state index in [1.807, 2.05) is 38.1 Å². The third-order valence-corrected chi connectivity index (χ3v) is 2.58. The molecule has 1 aromatic rings. The Morgan fingerprint density at radius 2 is 2.18 bits per heavy atom. The number of benzene rings is 1. The van der Waals surface area contributed by atoms with Crippen LogP contribution in [-0.2, 0) is 0 Å². The normalized spacial score (nSPS) is 12.5. The molecule has 0 heterocycles. The summed E-state index contributed by atoms with van der Waals surface area (Å²) in [5, 5.41) is 0. The molecule has 1 rings (SSSR count). The first kappa shape index (κ1) is 13.8. The predicted octanol–water partition coefficient (Wildman–Crippen LogP) is 3.83. The average molecular weight is 233 g/mol. The Kier molecular flexibility index (Phi) is 5.78. The third-order valence-electron chi connectivity index (χ3n) is 2.58. The highest BCUT2D eigenvalue weighted by Crippen LogP contribution is 2.22. The molecule has 1 atom stereocenters. The highest BCUT2D eigenvalue weighted by Gasteiger charge is 2.07. The van der Waals surface area contributed by atoms with E-state index in [0.717, 1.165) is 30.6 Å². The van der Waals surface area contributed by atoms with Crippen LogP contribution in [0.2, 0.25) is 0 Å². The molecule has 2 N–H and O–H groups in total. The second-order valence-electron chi connectivity index (χ2n) is 4.57. The van der Waals surface area contributed by atoms with Crippen molar-refractivity contribution in [1.82, 2.24) is 0 Å². The van der Waals surface area contributed by atoms with Gasteiger partial charge < -0.3 is 10.5 Å². The number of hydrogen-bond acceptors (Lipinski definition) is 2. The van der Waals surface area contributed by atoms with Gasteiger partial charge in [-0.1, -0.05) is 18.2 Å². The molecule has 0 saturated heterocycles. The van der Waals surface area contributed by atoms with Gasteiger partial charge in [-0.3, -0.25) is 0 Å². The van der Waals surface area contributed by atoms with Gasteiger partial charge in [-0.25, -0.2) is 0 Å². The molecule has 0 aliphatic rings. The molecule has 0 bridgehead atoms. The minimum absolute atomic E-state index is 0.0886. The lowest BCUT2D eigenvalue weighted by molar-refractivity contribution is 0.242. The Morgan fingerprint density at radius 3 is 2.82 bits per heavy atom. The lowest BCUT2D eigenvalue weighted by Gasteiger charge is -2.14. The molecule has 0 aliphatic carbocycles. The van der Waals surface area contributed by atoms with Crippen LogP contribution in [0.5, 0.6) is 5.75 Å². The lowest BCUT2D eigenvalue weighted by atomic mass is 10.0. The molecule has 17 heavy (non-hydrogen) atoms. The van der Waals surface area contributed by atoms with Crippen LogP contribution < -0.4 is 10.5 Å². The van der Waals surface area contributed by atoms with Crippen LogP contribution >= 0.6 is 0 Å². The molecule has 0 aliphatic heterocycles. The molecule has 0 saturated carbocycles. The monoisotopic (exact) mass is 233 g/mol. The molecule has 2 nitrogen and oxygen atoms in total. The fraction of sp³-hybridized carbons (Fsp3) is 0.467. The molecule has 2 heteroatoms. The van der Waals surface area contributed by atoms with E-state index in [1.54, 1.807) is 0 Å². The highest BCUT2D eigenvalue weighted by atomic mass is 16.5. The van der Waals surface area contributed by atoms with Crippen LogP contribution in [0.4, 0.5) is 0 Å². The van der Waals surface area contributed by atoms with E-state index in [-0.39, 0.29) is 12.1 Å². The van der Waals surface area contributed by atoms with Gasteiger partial charge in [0.15, 0.2) is 0 Å². The number of allylic oxidation sites excluding steroid dienone is 1. The summed E-state index contributed by atoms with van der Waals surface area (Å²) in [6, 6.07) is 8.16. The van der Waals surface area contributed by atoms with E-state index < -0.39 is 0 Å². The molecule has 1 aromatic carbocycles. The van der Waals surface area contributed by atoms with Crippen LogP contribution in [0.1, 0.15) is 44.7 Å². The van der Waals surface area contributed by atoms with Crippen LogP contribution in [0, 0.1) is 0 Å². The Morgan fingerprint density at radius 1 is 1.41 bits per heavy atom. The van der Waals surface area contributed by atoms with Crippen molar-refractivity contribution in [2.75, 3.05) is 0 Å². The van der Waals surface area contributed by atoms with Gasteiger partial charge in [-0.05, 0) is 50.8 Å². The lowest BCUT2D eigenvalue weighted by Crippen LogP contribution is -2.11. The standard InChI is InChI=1S/C15H23NO/c1-4-5-6-10-15(16)13-8-7-9-14(11-13)17-12(2)3/h4,7-9,11-12,15H,1,5-6,10,16H2,2-3H3. The molecule has 0 radical (unpaired) electrons. The van der Waals surface area contributed by atoms with Gasteiger partial charge in [0.25, 0.3) is 0 Å². The molecular weight excluding hydrogens is 210 g/mol. The smallest absolute Gasteiger partial charge is 0.120 e. The predicted molar refractivity (Wildman–Crippen MR) is 73.2 cm³/mol. The van der Waals surface area contributed by atoms with E-state index in [1.165, 1.54) is 0 Å². The number of hydrogen-bond donors (Lipinski definition) is 1. The average Bonchev–Trinajstić information content (AvgIpc) is 2.28. The fourth-order valence-electron chi connectivity index (χ4n) is 1.74. The van der Waals surface area contributed by atoms with Crippen LogP contribution in [0.15, 0.2) is 36.9 Å². The van der Waals surface area contributed by atoms with Crippen molar-refractivity contribution in [2.45, 2.75) is 45.3 Å². The number of rotatable bonds is 7. The minimum atomic E-state index is 0.0886. The zero-order valence-electron chi connectivity index (χ0n) is 10.9. The summed E-state index contributed by atoms with van der Waals surface area (Å²) >= 11 is 0. The Balaban J connectivity index is 2.60. The van der Waals surface area contributed by atoms with Crippen molar-refractivity contribution in [2.24, 2.45) is 5.73 Å². The minimum Gasteiger partial charge on any atom is -0.491 e. The zero-order chi connectivity index (χ0) is 12.7. The van der Waals surface area contributed by atoms with Gasteiger partial charge >= 0.3 is 0 Å². The Hall–Kier alpha value is -1.28. The van der Waals surface area contributed by atoms with E-state index in [0.29, 0.717) is 0 Å². The second kappa shape index (κ2) is 7.13. The van der Waals surface area contributed by atoms with Crippen molar-refractivity contribution in [3.8, 4) is 5.75 Å². The van der Waals surface area contributed by atoms with Crippen molar-refractivity contribution in [1.29, 1.82) is 0 Å². The summed E-state index contributed by atoms with van der Waals surface area (Å²) in [6.07, 6.45) is 5.22.